The van der Waals surface area contributed by atoms with Crippen molar-refractivity contribution in [3.8, 4) is 0 Å². The van der Waals surface area contributed by atoms with Gasteiger partial charge in [0.2, 0.25) is 0 Å². The fraction of sp³-hybridized carbons (Fsp3) is 0.333. The Morgan fingerprint density at radius 3 is 3.15 bits per heavy atom. The van der Waals surface area contributed by atoms with Crippen LogP contribution in [-0.4, -0.2) is 34.6 Å². The lowest BCUT2D eigenvalue weighted by Gasteiger charge is -2.29. The lowest BCUT2D eigenvalue weighted by molar-refractivity contribution is -0.114. The van der Waals surface area contributed by atoms with Gasteiger partial charge in [0.15, 0.2) is 17.4 Å². The number of aliphatic imine (C=N–C) groups is 1. The maximum absolute atomic E-state index is 11.3. The normalized spacial score (nSPS) is 21.8. The largest absolute Gasteiger partial charge is 0.504 e. The Labute approximate surface area is 75.9 Å². The van der Waals surface area contributed by atoms with Crippen molar-refractivity contribution < 1.29 is 9.90 Å². The maximum atomic E-state index is 11.3. The number of carbonyl (C=O) groups excluding carboxylic acids is 1. The van der Waals surface area contributed by atoms with Gasteiger partial charge in [-0.05, 0) is 13.0 Å². The molecule has 0 unspecified atom stereocenters. The molecule has 1 N–H and O–H groups in total. The average molecular weight is 178 g/mol. The smallest absolute Gasteiger partial charge is 0.196 e. The summed E-state index contributed by atoms with van der Waals surface area (Å²) in [5.74, 6) is 0.671. The molecule has 13 heavy (non-hydrogen) atoms. The number of carbonyl (C=O) groups is 1. The summed E-state index contributed by atoms with van der Waals surface area (Å²) in [5, 5.41) is 9.44. The lowest BCUT2D eigenvalue weighted by atomic mass is 10.2. The van der Waals surface area contributed by atoms with Gasteiger partial charge >= 0.3 is 0 Å². The molecule has 4 heteroatoms. The molecule has 0 saturated heterocycles. The van der Waals surface area contributed by atoms with Crippen LogP contribution in [0, 0.1) is 0 Å². The number of allylic oxidation sites excluding steroid dienone is 1. The van der Waals surface area contributed by atoms with Gasteiger partial charge in [-0.15, -0.1) is 0 Å². The molecule has 2 rings (SSSR count). The van der Waals surface area contributed by atoms with Crippen LogP contribution in [0.2, 0.25) is 0 Å². The van der Waals surface area contributed by atoms with Crippen LogP contribution in [0.15, 0.2) is 28.7 Å². The van der Waals surface area contributed by atoms with Crippen LogP contribution in [0.1, 0.15) is 6.92 Å². The molecule has 2 heterocycles. The number of aliphatic hydroxyl groups is 1. The Morgan fingerprint density at radius 1 is 1.62 bits per heavy atom. The molecular formula is C9H10N2O2. The zero-order chi connectivity index (χ0) is 9.42. The number of hydrogen-bond acceptors (Lipinski definition) is 4. The van der Waals surface area contributed by atoms with E-state index in [2.05, 4.69) is 4.99 Å². The number of nitrogens with zero attached hydrogens (tertiary/aromatic N) is 2. The second-order valence-corrected chi connectivity index (χ2v) is 3.11. The van der Waals surface area contributed by atoms with E-state index in [9.17, 15) is 9.90 Å². The SMILES string of the molecule is CC1=NC2=C(O)C=CCN2CC1=O. The van der Waals surface area contributed by atoms with Gasteiger partial charge in [0.05, 0.1) is 12.3 Å². The van der Waals surface area contributed by atoms with Crippen LogP contribution in [0.3, 0.4) is 0 Å². The standard InChI is InChI=1S/C9H10N2O2/c1-6-8(13)5-11-4-2-3-7(12)9(11)10-6/h2-3,12H,4-5H2,1H3. The minimum absolute atomic E-state index is 0.0202. The van der Waals surface area contributed by atoms with E-state index in [4.69, 9.17) is 0 Å². The highest BCUT2D eigenvalue weighted by Crippen LogP contribution is 2.19. The lowest BCUT2D eigenvalue weighted by Crippen LogP contribution is -2.38. The van der Waals surface area contributed by atoms with E-state index in [-0.39, 0.29) is 11.5 Å². The molecule has 2 aliphatic heterocycles. The molecule has 0 atom stereocenters. The second-order valence-electron chi connectivity index (χ2n) is 3.11. The summed E-state index contributed by atoms with van der Waals surface area (Å²) in [4.78, 5) is 17.0. The van der Waals surface area contributed by atoms with Crippen molar-refractivity contribution in [2.75, 3.05) is 13.1 Å². The van der Waals surface area contributed by atoms with E-state index in [1.54, 1.807) is 17.9 Å². The fourth-order valence-corrected chi connectivity index (χ4v) is 1.39. The summed E-state index contributed by atoms with van der Waals surface area (Å²) in [6.07, 6.45) is 3.42. The monoisotopic (exact) mass is 178 g/mol. The molecular weight excluding hydrogens is 168 g/mol. The number of Topliss-reactive ketones (excluding diaryl/α,β-unsaturated/α-hetero) is 1. The van der Waals surface area contributed by atoms with Crippen molar-refractivity contribution in [3.05, 3.63) is 23.7 Å². The number of hydrogen-bond donors (Lipinski definition) is 1. The molecule has 0 aromatic heterocycles. The molecule has 0 spiro atoms. The van der Waals surface area contributed by atoms with E-state index in [0.717, 1.165) is 0 Å². The molecule has 0 radical (unpaired) electrons. The molecule has 0 aromatic rings. The summed E-state index contributed by atoms with van der Waals surface area (Å²) in [7, 11) is 0. The topological polar surface area (TPSA) is 52.9 Å². The Hall–Kier alpha value is -1.58. The first-order chi connectivity index (χ1) is 6.18. The van der Waals surface area contributed by atoms with Gasteiger partial charge < -0.3 is 10.0 Å². The summed E-state index contributed by atoms with van der Waals surface area (Å²) in [6, 6.07) is 0. The van der Waals surface area contributed by atoms with Crippen LogP contribution in [-0.2, 0) is 4.79 Å². The van der Waals surface area contributed by atoms with Crippen molar-refractivity contribution in [2.45, 2.75) is 6.92 Å². The van der Waals surface area contributed by atoms with Crippen molar-refractivity contribution in [2.24, 2.45) is 4.99 Å². The van der Waals surface area contributed by atoms with Gasteiger partial charge in [0, 0.05) is 6.54 Å². The molecule has 0 aromatic carbocycles. The highest BCUT2D eigenvalue weighted by atomic mass is 16.3. The summed E-state index contributed by atoms with van der Waals surface area (Å²) >= 11 is 0. The quantitative estimate of drug-likeness (QED) is 0.592. The van der Waals surface area contributed by atoms with E-state index < -0.39 is 0 Å². The van der Waals surface area contributed by atoms with E-state index in [1.807, 2.05) is 6.08 Å². The molecule has 0 bridgehead atoms. The van der Waals surface area contributed by atoms with Gasteiger partial charge in [-0.3, -0.25) is 4.79 Å². The summed E-state index contributed by atoms with van der Waals surface area (Å²) in [6.45, 7) is 2.62. The van der Waals surface area contributed by atoms with E-state index in [1.165, 1.54) is 0 Å². The Morgan fingerprint density at radius 2 is 2.38 bits per heavy atom. The number of rotatable bonds is 0. The summed E-state index contributed by atoms with van der Waals surface area (Å²) in [5.41, 5.74) is 0.466. The van der Waals surface area contributed by atoms with Crippen molar-refractivity contribution in [3.63, 3.8) is 0 Å². The molecule has 0 amide bonds. The first-order valence-electron chi connectivity index (χ1n) is 4.11. The number of aliphatic hydroxyl groups excluding tert-OH is 1. The molecule has 0 fully saturated rings. The van der Waals surface area contributed by atoms with Crippen LogP contribution in [0.4, 0.5) is 0 Å². The Bertz CT molecular complexity index is 353. The third-order valence-corrected chi connectivity index (χ3v) is 2.14. The maximum Gasteiger partial charge on any atom is 0.196 e. The molecule has 68 valence electrons. The third-order valence-electron chi connectivity index (χ3n) is 2.14. The zero-order valence-corrected chi connectivity index (χ0v) is 7.32. The minimum atomic E-state index is 0.0202. The highest BCUT2D eigenvalue weighted by molar-refractivity contribution is 6.40. The molecule has 0 saturated carbocycles. The first kappa shape index (κ1) is 8.04. The summed E-state index contributed by atoms with van der Waals surface area (Å²) < 4.78 is 0. The van der Waals surface area contributed by atoms with Gasteiger partial charge in [-0.2, -0.15) is 0 Å². The number of fused-ring (bicyclic) bond motifs is 1. The third kappa shape index (κ3) is 1.24. The number of ketones is 1. The van der Waals surface area contributed by atoms with Crippen molar-refractivity contribution in [1.29, 1.82) is 0 Å². The van der Waals surface area contributed by atoms with Gasteiger partial charge in [-0.25, -0.2) is 4.99 Å². The van der Waals surface area contributed by atoms with Crippen molar-refractivity contribution in [1.82, 2.24) is 4.90 Å². The average Bonchev–Trinajstić information content (AvgIpc) is 2.09. The van der Waals surface area contributed by atoms with Crippen LogP contribution in [0.25, 0.3) is 0 Å². The van der Waals surface area contributed by atoms with Crippen molar-refractivity contribution >= 4 is 11.5 Å². The first-order valence-corrected chi connectivity index (χ1v) is 4.11. The predicted molar refractivity (Wildman–Crippen MR) is 48.5 cm³/mol. The molecule has 4 nitrogen and oxygen atoms in total. The second kappa shape index (κ2) is 2.73. The Kier molecular flexibility index (Phi) is 1.69. The van der Waals surface area contributed by atoms with Crippen LogP contribution >= 0.6 is 0 Å². The van der Waals surface area contributed by atoms with Gasteiger partial charge in [-0.1, -0.05) is 6.08 Å². The molecule has 0 aliphatic carbocycles. The zero-order valence-electron chi connectivity index (χ0n) is 7.32. The highest BCUT2D eigenvalue weighted by Gasteiger charge is 2.24. The van der Waals surface area contributed by atoms with E-state index >= 15 is 0 Å². The van der Waals surface area contributed by atoms with Gasteiger partial charge in [0.25, 0.3) is 0 Å². The molecule has 2 aliphatic rings. The van der Waals surface area contributed by atoms with Gasteiger partial charge in [0.1, 0.15) is 0 Å². The Balaban J connectivity index is 2.46. The predicted octanol–water partition coefficient (Wildman–Crippen LogP) is 0.629. The fourth-order valence-electron chi connectivity index (χ4n) is 1.39. The van der Waals surface area contributed by atoms with E-state index in [0.29, 0.717) is 24.6 Å². The van der Waals surface area contributed by atoms with Crippen LogP contribution in [0.5, 0.6) is 0 Å². The van der Waals surface area contributed by atoms with Crippen LogP contribution < -0.4 is 0 Å². The minimum Gasteiger partial charge on any atom is -0.504 e.